The van der Waals surface area contributed by atoms with E-state index in [0.717, 1.165) is 51.4 Å². The number of aliphatic carboxylic acids is 1. The van der Waals surface area contributed by atoms with Crippen molar-refractivity contribution in [2.24, 2.45) is 0 Å². The molecule has 54 heavy (non-hydrogen) atoms. The first-order valence-electron chi connectivity index (χ1n) is 21.4. The summed E-state index contributed by atoms with van der Waals surface area (Å²) in [5.74, 6) is -1.53. The lowest BCUT2D eigenvalue weighted by molar-refractivity contribution is -0.887. The number of carboxylic acids is 1. The molecule has 0 heterocycles. The summed E-state index contributed by atoms with van der Waals surface area (Å²) in [5.41, 5.74) is 0. The van der Waals surface area contributed by atoms with Crippen LogP contribution in [0.25, 0.3) is 0 Å². The van der Waals surface area contributed by atoms with Gasteiger partial charge in [0.15, 0.2) is 12.1 Å². The van der Waals surface area contributed by atoms with Crippen LogP contribution in [0, 0.1) is 0 Å². The fourth-order valence-electron chi connectivity index (χ4n) is 5.92. The van der Waals surface area contributed by atoms with Crippen molar-refractivity contribution in [3.63, 3.8) is 0 Å². The number of hydrogen-bond donors (Lipinski definition) is 1. The number of carboxylic acid groups (broad SMARTS) is 1. The number of carbonyl (C=O) groups excluding carboxylic acids is 2. The SMILES string of the molecule is CC/C=C/C=C/C=C/C=C/CCCCCC(=O)OCC(COCCC(C(=O)O)[N+](C)(C)C)OC(=O)CCCCCCCCC/C=C/CCCCCCCC. The number of nitrogens with zero attached hydrogens (tertiary/aromatic N) is 1. The van der Waals surface area contributed by atoms with Crippen LogP contribution in [0.15, 0.2) is 60.8 Å². The molecule has 0 spiro atoms. The lowest BCUT2D eigenvalue weighted by Crippen LogP contribution is -2.50. The first-order valence-corrected chi connectivity index (χ1v) is 21.4. The molecule has 8 heteroatoms. The molecule has 1 N–H and O–H groups in total. The Morgan fingerprint density at radius 2 is 1.06 bits per heavy atom. The summed E-state index contributed by atoms with van der Waals surface area (Å²) in [4.78, 5) is 36.9. The van der Waals surface area contributed by atoms with Gasteiger partial charge in [-0.3, -0.25) is 9.59 Å². The van der Waals surface area contributed by atoms with Crippen molar-refractivity contribution >= 4 is 17.9 Å². The molecule has 0 aliphatic heterocycles. The second-order valence-corrected chi connectivity index (χ2v) is 15.3. The van der Waals surface area contributed by atoms with E-state index in [1.165, 1.54) is 77.0 Å². The number of ether oxygens (including phenoxy) is 3. The van der Waals surface area contributed by atoms with Crippen molar-refractivity contribution in [3.05, 3.63) is 60.8 Å². The molecule has 0 rings (SSSR count). The summed E-state index contributed by atoms with van der Waals surface area (Å²) in [6.45, 7) is 4.53. The van der Waals surface area contributed by atoms with Gasteiger partial charge in [0.05, 0.1) is 34.4 Å². The van der Waals surface area contributed by atoms with Crippen molar-refractivity contribution in [3.8, 4) is 0 Å². The fraction of sp³-hybridized carbons (Fsp3) is 0.717. The quantitative estimate of drug-likeness (QED) is 0.0221. The van der Waals surface area contributed by atoms with Gasteiger partial charge in [0.25, 0.3) is 0 Å². The van der Waals surface area contributed by atoms with E-state index in [1.54, 1.807) is 0 Å². The minimum absolute atomic E-state index is 0.0444. The molecular weight excluding hydrogens is 679 g/mol. The maximum atomic E-state index is 12.7. The van der Waals surface area contributed by atoms with E-state index < -0.39 is 18.1 Å². The monoisotopic (exact) mass is 759 g/mol. The van der Waals surface area contributed by atoms with Crippen molar-refractivity contribution in [2.45, 2.75) is 174 Å². The first-order chi connectivity index (χ1) is 26.1. The summed E-state index contributed by atoms with van der Waals surface area (Å²) in [7, 11) is 5.50. The molecule has 2 unspecified atom stereocenters. The highest BCUT2D eigenvalue weighted by Crippen LogP contribution is 2.13. The van der Waals surface area contributed by atoms with E-state index in [4.69, 9.17) is 14.2 Å². The molecule has 0 aliphatic rings. The lowest BCUT2D eigenvalue weighted by Gasteiger charge is -2.31. The Balaban J connectivity index is 4.42. The molecule has 2 atom stereocenters. The molecular formula is C46H80NO7+. The van der Waals surface area contributed by atoms with E-state index in [2.05, 4.69) is 38.2 Å². The molecule has 0 aromatic carbocycles. The number of rotatable bonds is 37. The molecule has 0 aliphatic carbocycles. The van der Waals surface area contributed by atoms with Crippen LogP contribution in [0.1, 0.15) is 162 Å². The number of likely N-dealkylation sites (N-methyl/N-ethyl adjacent to an activating group) is 1. The van der Waals surface area contributed by atoms with Crippen LogP contribution in [0.3, 0.4) is 0 Å². The van der Waals surface area contributed by atoms with Crippen LogP contribution in [0.5, 0.6) is 0 Å². The van der Waals surface area contributed by atoms with Crippen LogP contribution in [-0.2, 0) is 28.6 Å². The second kappa shape index (κ2) is 37.0. The third-order valence-corrected chi connectivity index (χ3v) is 9.25. The summed E-state index contributed by atoms with van der Waals surface area (Å²) in [6.07, 6.45) is 44.1. The van der Waals surface area contributed by atoms with Crippen LogP contribution in [0.4, 0.5) is 0 Å². The minimum Gasteiger partial charge on any atom is -0.477 e. The lowest BCUT2D eigenvalue weighted by atomic mass is 10.1. The van der Waals surface area contributed by atoms with Gasteiger partial charge in [0, 0.05) is 19.3 Å². The Hall–Kier alpha value is -2.97. The van der Waals surface area contributed by atoms with Gasteiger partial charge in [-0.15, -0.1) is 0 Å². The van der Waals surface area contributed by atoms with E-state index in [0.29, 0.717) is 19.3 Å². The van der Waals surface area contributed by atoms with Crippen LogP contribution < -0.4 is 0 Å². The normalized spacial score (nSPS) is 13.6. The molecule has 8 nitrogen and oxygen atoms in total. The van der Waals surface area contributed by atoms with Crippen molar-refractivity contribution in [1.29, 1.82) is 0 Å². The van der Waals surface area contributed by atoms with Crippen molar-refractivity contribution in [2.75, 3.05) is 41.0 Å². The highest BCUT2D eigenvalue weighted by molar-refractivity contribution is 5.72. The van der Waals surface area contributed by atoms with Gasteiger partial charge in [0.2, 0.25) is 0 Å². The smallest absolute Gasteiger partial charge is 0.362 e. The van der Waals surface area contributed by atoms with E-state index >= 15 is 0 Å². The topological polar surface area (TPSA) is 99.1 Å². The molecule has 0 saturated carbocycles. The fourth-order valence-corrected chi connectivity index (χ4v) is 5.92. The highest BCUT2D eigenvalue weighted by atomic mass is 16.6. The Kier molecular flexibility index (Phi) is 34.9. The average Bonchev–Trinajstić information content (AvgIpc) is 3.12. The van der Waals surface area contributed by atoms with Gasteiger partial charge >= 0.3 is 17.9 Å². The van der Waals surface area contributed by atoms with Gasteiger partial charge in [0.1, 0.15) is 6.61 Å². The van der Waals surface area contributed by atoms with Gasteiger partial charge in [-0.05, 0) is 57.8 Å². The van der Waals surface area contributed by atoms with Crippen molar-refractivity contribution in [1.82, 2.24) is 0 Å². The predicted octanol–water partition coefficient (Wildman–Crippen LogP) is 11.4. The summed E-state index contributed by atoms with van der Waals surface area (Å²) in [5, 5.41) is 9.61. The average molecular weight is 759 g/mol. The van der Waals surface area contributed by atoms with Gasteiger partial charge in [-0.2, -0.15) is 0 Å². The van der Waals surface area contributed by atoms with Crippen LogP contribution >= 0.6 is 0 Å². The van der Waals surface area contributed by atoms with E-state index in [-0.39, 0.29) is 36.2 Å². The molecule has 0 bridgehead atoms. The number of allylic oxidation sites excluding steroid dienone is 10. The molecule has 0 fully saturated rings. The third-order valence-electron chi connectivity index (χ3n) is 9.25. The summed E-state index contributed by atoms with van der Waals surface area (Å²) >= 11 is 0. The number of hydrogen-bond acceptors (Lipinski definition) is 6. The van der Waals surface area contributed by atoms with Crippen LogP contribution in [0.2, 0.25) is 0 Å². The predicted molar refractivity (Wildman–Crippen MR) is 224 cm³/mol. The number of carbonyl (C=O) groups is 3. The zero-order valence-electron chi connectivity index (χ0n) is 35.2. The summed E-state index contributed by atoms with van der Waals surface area (Å²) < 4.78 is 17.2. The zero-order chi connectivity index (χ0) is 40.0. The maximum absolute atomic E-state index is 12.7. The van der Waals surface area contributed by atoms with Gasteiger partial charge in [-0.25, -0.2) is 4.79 Å². The second-order valence-electron chi connectivity index (χ2n) is 15.3. The summed E-state index contributed by atoms with van der Waals surface area (Å²) in [6, 6.07) is -0.623. The standard InChI is InChI=1S/C46H79NO7/c1-6-8-10-12-14-16-18-20-21-22-23-25-27-29-31-33-35-37-45(49)54-42(40-52-39-38-43(46(50)51)47(3,4)5)41-53-44(48)36-34-32-30-28-26-24-19-17-15-13-11-9-7-2/h9,11,13,15,17,19-21,24,26,42-43H,6-8,10,12,14,16,18,22-23,25,27-41H2,1-5H3/p+1/b11-9+,15-13+,19-17+,21-20+,26-24+. The Morgan fingerprint density at radius 3 is 1.61 bits per heavy atom. The highest BCUT2D eigenvalue weighted by Gasteiger charge is 2.31. The third kappa shape index (κ3) is 34.8. The van der Waals surface area contributed by atoms with Gasteiger partial charge < -0.3 is 23.8 Å². The van der Waals surface area contributed by atoms with Crippen LogP contribution in [-0.4, -0.2) is 80.6 Å². The van der Waals surface area contributed by atoms with E-state index in [1.807, 2.05) is 57.6 Å². The minimum atomic E-state index is -0.884. The molecule has 0 amide bonds. The van der Waals surface area contributed by atoms with Gasteiger partial charge in [-0.1, -0.05) is 145 Å². The number of quaternary nitrogens is 1. The largest absolute Gasteiger partial charge is 0.477 e. The molecule has 0 aromatic heterocycles. The molecule has 310 valence electrons. The molecule has 0 radical (unpaired) electrons. The number of unbranched alkanes of at least 4 members (excludes halogenated alkanes) is 16. The molecule has 0 aromatic rings. The Morgan fingerprint density at radius 1 is 0.574 bits per heavy atom. The maximum Gasteiger partial charge on any atom is 0.362 e. The first kappa shape index (κ1) is 51.0. The van der Waals surface area contributed by atoms with E-state index in [9.17, 15) is 19.5 Å². The molecule has 0 saturated heterocycles. The Labute approximate surface area is 330 Å². The van der Waals surface area contributed by atoms with Crippen molar-refractivity contribution < 1.29 is 38.2 Å². The zero-order valence-corrected chi connectivity index (χ0v) is 35.2. The number of esters is 2. The Bertz CT molecular complexity index is 1070.